The first-order chi connectivity index (χ1) is 8.99. The van der Waals surface area contributed by atoms with E-state index in [1.165, 1.54) is 36.8 Å². The van der Waals surface area contributed by atoms with E-state index in [-0.39, 0.29) is 0 Å². The molecular weight excluding hydrogens is 234 g/mol. The average Bonchev–Trinajstić information content (AvgIpc) is 2.60. The Labute approximate surface area is 117 Å². The Morgan fingerprint density at radius 3 is 2.37 bits per heavy atom. The number of β-amino-alcohol motifs (C(OH)–C–C–N with tert-alkyl or cyclic N) is 1. The summed E-state index contributed by atoms with van der Waals surface area (Å²) in [5, 5.41) is 10.9. The fraction of sp³-hybridized carbons (Fsp3) is 0.647. The van der Waals surface area contributed by atoms with Gasteiger partial charge in [-0.3, -0.25) is 0 Å². The molecule has 1 fully saturated rings. The van der Waals surface area contributed by atoms with Gasteiger partial charge in [-0.2, -0.15) is 0 Å². The number of likely N-dealkylation sites (tertiary alicyclic amines) is 1. The van der Waals surface area contributed by atoms with E-state index < -0.39 is 5.60 Å². The molecule has 1 unspecified atom stereocenters. The van der Waals surface area contributed by atoms with Crippen molar-refractivity contribution in [3.8, 4) is 0 Å². The summed E-state index contributed by atoms with van der Waals surface area (Å²) in [6.07, 6.45) is 5.20. The van der Waals surface area contributed by atoms with Crippen LogP contribution in [0.4, 0.5) is 0 Å². The molecule has 0 aromatic heterocycles. The summed E-state index contributed by atoms with van der Waals surface area (Å²) in [5.74, 6) is 0. The van der Waals surface area contributed by atoms with Crippen molar-refractivity contribution in [3.05, 3.63) is 34.9 Å². The summed E-state index contributed by atoms with van der Waals surface area (Å²) >= 11 is 0. The van der Waals surface area contributed by atoms with Gasteiger partial charge in [0.25, 0.3) is 0 Å². The molecule has 1 aromatic carbocycles. The van der Waals surface area contributed by atoms with Gasteiger partial charge >= 0.3 is 0 Å². The van der Waals surface area contributed by atoms with Gasteiger partial charge in [-0.25, -0.2) is 0 Å². The number of hydrogen-bond acceptors (Lipinski definition) is 2. The summed E-state index contributed by atoms with van der Waals surface area (Å²) in [4.78, 5) is 2.43. The second-order valence-corrected chi connectivity index (χ2v) is 6.28. The Hall–Kier alpha value is -0.860. The van der Waals surface area contributed by atoms with Crippen LogP contribution in [0, 0.1) is 13.8 Å². The van der Waals surface area contributed by atoms with Crippen molar-refractivity contribution in [2.24, 2.45) is 0 Å². The predicted molar refractivity (Wildman–Crippen MR) is 80.4 cm³/mol. The molecule has 0 saturated carbocycles. The van der Waals surface area contributed by atoms with E-state index in [0.29, 0.717) is 0 Å². The van der Waals surface area contributed by atoms with Gasteiger partial charge in [0.1, 0.15) is 0 Å². The second kappa shape index (κ2) is 6.06. The smallest absolute Gasteiger partial charge is 0.0997 e. The van der Waals surface area contributed by atoms with Crippen LogP contribution in [0.25, 0.3) is 0 Å². The van der Waals surface area contributed by atoms with Crippen molar-refractivity contribution < 1.29 is 5.11 Å². The fourth-order valence-corrected chi connectivity index (χ4v) is 3.13. The highest BCUT2D eigenvalue weighted by atomic mass is 16.3. The average molecular weight is 261 g/mol. The molecule has 19 heavy (non-hydrogen) atoms. The molecule has 1 aliphatic rings. The third-order valence-electron chi connectivity index (χ3n) is 4.20. The highest BCUT2D eigenvalue weighted by Crippen LogP contribution is 2.27. The molecule has 0 aliphatic carbocycles. The maximum absolute atomic E-state index is 10.9. The van der Waals surface area contributed by atoms with Crippen molar-refractivity contribution in [1.29, 1.82) is 0 Å². The molecule has 1 saturated heterocycles. The van der Waals surface area contributed by atoms with E-state index in [2.05, 4.69) is 36.9 Å². The lowest BCUT2D eigenvalue weighted by Gasteiger charge is -2.32. The Morgan fingerprint density at radius 2 is 1.74 bits per heavy atom. The Balaban J connectivity index is 2.14. The molecule has 1 N–H and O–H groups in total. The molecule has 2 rings (SSSR count). The fourth-order valence-electron chi connectivity index (χ4n) is 3.13. The lowest BCUT2D eigenvalue weighted by atomic mass is 9.90. The van der Waals surface area contributed by atoms with Gasteiger partial charge in [0.2, 0.25) is 0 Å². The lowest BCUT2D eigenvalue weighted by Crippen LogP contribution is -2.39. The van der Waals surface area contributed by atoms with Gasteiger partial charge in [-0.05, 0) is 57.8 Å². The first-order valence-electron chi connectivity index (χ1n) is 7.51. The van der Waals surface area contributed by atoms with Crippen LogP contribution in [-0.2, 0) is 5.60 Å². The van der Waals surface area contributed by atoms with Crippen LogP contribution < -0.4 is 0 Å². The maximum Gasteiger partial charge on any atom is 0.0997 e. The van der Waals surface area contributed by atoms with Gasteiger partial charge in [-0.15, -0.1) is 0 Å². The largest absolute Gasteiger partial charge is 0.384 e. The normalized spacial score (nSPS) is 20.8. The zero-order valence-corrected chi connectivity index (χ0v) is 12.6. The van der Waals surface area contributed by atoms with Crippen molar-refractivity contribution in [2.75, 3.05) is 19.6 Å². The van der Waals surface area contributed by atoms with Crippen LogP contribution in [0.2, 0.25) is 0 Å². The zero-order chi connectivity index (χ0) is 13.9. The summed E-state index contributed by atoms with van der Waals surface area (Å²) in [6, 6.07) is 6.36. The number of aryl methyl sites for hydroxylation is 2. The van der Waals surface area contributed by atoms with E-state index in [9.17, 15) is 5.11 Å². The molecule has 0 bridgehead atoms. The minimum atomic E-state index is -0.750. The standard InChI is InChI=1S/C17H27NO/c1-14-8-9-15(2)16(12-14)17(3,19)13-18-10-6-4-5-7-11-18/h8-9,12,19H,4-7,10-11,13H2,1-3H3. The molecule has 1 atom stereocenters. The molecule has 0 spiro atoms. The SMILES string of the molecule is Cc1ccc(C)c(C(C)(O)CN2CCCCCC2)c1. The van der Waals surface area contributed by atoms with Crippen molar-refractivity contribution in [2.45, 2.75) is 52.1 Å². The first kappa shape index (κ1) is 14.5. The van der Waals surface area contributed by atoms with E-state index in [4.69, 9.17) is 0 Å². The molecule has 2 heteroatoms. The van der Waals surface area contributed by atoms with E-state index in [1.54, 1.807) is 0 Å². The number of nitrogens with zero attached hydrogens (tertiary/aromatic N) is 1. The van der Waals surface area contributed by atoms with Gasteiger partial charge in [0, 0.05) is 6.54 Å². The molecule has 1 heterocycles. The number of benzene rings is 1. The third-order valence-corrected chi connectivity index (χ3v) is 4.20. The molecular formula is C17H27NO. The first-order valence-corrected chi connectivity index (χ1v) is 7.51. The van der Waals surface area contributed by atoms with Crippen LogP contribution in [0.1, 0.15) is 49.3 Å². The number of hydrogen-bond donors (Lipinski definition) is 1. The van der Waals surface area contributed by atoms with Crippen LogP contribution in [0.5, 0.6) is 0 Å². The maximum atomic E-state index is 10.9. The minimum Gasteiger partial charge on any atom is -0.384 e. The lowest BCUT2D eigenvalue weighted by molar-refractivity contribution is 0.0163. The zero-order valence-electron chi connectivity index (χ0n) is 12.6. The number of aliphatic hydroxyl groups is 1. The number of rotatable bonds is 3. The van der Waals surface area contributed by atoms with E-state index in [1.807, 2.05) is 6.92 Å². The van der Waals surface area contributed by atoms with Crippen molar-refractivity contribution >= 4 is 0 Å². The molecule has 0 radical (unpaired) electrons. The molecule has 106 valence electrons. The van der Waals surface area contributed by atoms with Crippen LogP contribution in [0.15, 0.2) is 18.2 Å². The Bertz CT molecular complexity index is 417. The van der Waals surface area contributed by atoms with Crippen LogP contribution in [-0.4, -0.2) is 29.6 Å². The molecule has 2 nitrogen and oxygen atoms in total. The van der Waals surface area contributed by atoms with Gasteiger partial charge in [0.15, 0.2) is 0 Å². The van der Waals surface area contributed by atoms with E-state index in [0.717, 1.165) is 25.2 Å². The highest BCUT2D eigenvalue weighted by molar-refractivity contribution is 5.34. The van der Waals surface area contributed by atoms with Crippen molar-refractivity contribution in [3.63, 3.8) is 0 Å². The summed E-state index contributed by atoms with van der Waals surface area (Å²) in [5.41, 5.74) is 2.74. The monoisotopic (exact) mass is 261 g/mol. The minimum absolute atomic E-state index is 0.747. The van der Waals surface area contributed by atoms with Gasteiger partial charge in [-0.1, -0.05) is 36.6 Å². The quantitative estimate of drug-likeness (QED) is 0.901. The molecule has 0 amide bonds. The summed E-state index contributed by atoms with van der Waals surface area (Å²) in [6.45, 7) is 9.13. The predicted octanol–water partition coefficient (Wildman–Crippen LogP) is 3.39. The molecule has 1 aromatic rings. The second-order valence-electron chi connectivity index (χ2n) is 6.28. The Morgan fingerprint density at radius 1 is 1.11 bits per heavy atom. The van der Waals surface area contributed by atoms with E-state index >= 15 is 0 Å². The summed E-state index contributed by atoms with van der Waals surface area (Å²) in [7, 11) is 0. The Kier molecular flexibility index (Phi) is 4.64. The van der Waals surface area contributed by atoms with Gasteiger partial charge < -0.3 is 10.0 Å². The van der Waals surface area contributed by atoms with Crippen molar-refractivity contribution in [1.82, 2.24) is 4.90 Å². The van der Waals surface area contributed by atoms with Crippen LogP contribution in [0.3, 0.4) is 0 Å². The highest BCUT2D eigenvalue weighted by Gasteiger charge is 2.28. The van der Waals surface area contributed by atoms with Crippen LogP contribution >= 0.6 is 0 Å². The third kappa shape index (κ3) is 3.80. The summed E-state index contributed by atoms with van der Waals surface area (Å²) < 4.78 is 0. The topological polar surface area (TPSA) is 23.5 Å². The van der Waals surface area contributed by atoms with Gasteiger partial charge in [0.05, 0.1) is 5.60 Å². The molecule has 1 aliphatic heterocycles.